The lowest BCUT2D eigenvalue weighted by atomic mass is 10.1. The van der Waals surface area contributed by atoms with Gasteiger partial charge in [0.05, 0.1) is 11.7 Å². The molecule has 1 amide bonds. The van der Waals surface area contributed by atoms with E-state index in [0.717, 1.165) is 27.8 Å². The number of carbonyl (C=O) groups excluding carboxylic acids is 1. The Morgan fingerprint density at radius 3 is 2.95 bits per heavy atom. The van der Waals surface area contributed by atoms with Gasteiger partial charge < -0.3 is 11.1 Å². The van der Waals surface area contributed by atoms with E-state index in [1.54, 1.807) is 6.20 Å². The molecule has 0 fully saturated rings. The van der Waals surface area contributed by atoms with Crippen LogP contribution in [0.3, 0.4) is 0 Å². The molecular formula is C16H16N4O. The molecule has 106 valence electrons. The molecule has 5 nitrogen and oxygen atoms in total. The van der Waals surface area contributed by atoms with E-state index in [4.69, 9.17) is 5.73 Å². The molecule has 0 saturated heterocycles. The number of fused-ring (bicyclic) bond motifs is 1. The number of aromatic nitrogens is 2. The quantitative estimate of drug-likeness (QED) is 0.642. The SMILES string of the molecule is Nc1ccccc1CCC(=O)Nc1ccc2cn[nH]c2c1. The van der Waals surface area contributed by atoms with E-state index in [0.29, 0.717) is 12.8 Å². The van der Waals surface area contributed by atoms with Crippen LogP contribution >= 0.6 is 0 Å². The van der Waals surface area contributed by atoms with Gasteiger partial charge >= 0.3 is 0 Å². The Hall–Kier alpha value is -2.82. The number of benzene rings is 2. The maximum absolute atomic E-state index is 12.0. The predicted octanol–water partition coefficient (Wildman–Crippen LogP) is 2.72. The molecular weight excluding hydrogens is 264 g/mol. The normalized spacial score (nSPS) is 10.7. The molecule has 0 atom stereocenters. The van der Waals surface area contributed by atoms with Crippen LogP contribution in [0.15, 0.2) is 48.7 Å². The van der Waals surface area contributed by atoms with Gasteiger partial charge in [0.15, 0.2) is 0 Å². The van der Waals surface area contributed by atoms with E-state index in [1.165, 1.54) is 0 Å². The summed E-state index contributed by atoms with van der Waals surface area (Å²) in [7, 11) is 0. The van der Waals surface area contributed by atoms with E-state index in [2.05, 4.69) is 15.5 Å². The van der Waals surface area contributed by atoms with Gasteiger partial charge in [-0.3, -0.25) is 9.89 Å². The number of rotatable bonds is 4. The van der Waals surface area contributed by atoms with Gasteiger partial charge in [-0.05, 0) is 36.2 Å². The number of nitrogens with zero attached hydrogens (tertiary/aromatic N) is 1. The third-order valence-corrected chi connectivity index (χ3v) is 3.40. The number of nitrogens with one attached hydrogen (secondary N) is 2. The average Bonchev–Trinajstić information content (AvgIpc) is 2.94. The van der Waals surface area contributed by atoms with Crippen molar-refractivity contribution in [1.82, 2.24) is 10.2 Å². The highest BCUT2D eigenvalue weighted by Gasteiger charge is 2.06. The molecule has 3 aromatic rings. The molecule has 0 bridgehead atoms. The molecule has 0 radical (unpaired) electrons. The number of carbonyl (C=O) groups is 1. The summed E-state index contributed by atoms with van der Waals surface area (Å²) in [5.41, 5.74) is 9.25. The van der Waals surface area contributed by atoms with Crippen LogP contribution in [0.25, 0.3) is 10.9 Å². The summed E-state index contributed by atoms with van der Waals surface area (Å²) in [5.74, 6) is -0.0304. The number of nitrogens with two attached hydrogens (primary N) is 1. The monoisotopic (exact) mass is 280 g/mol. The van der Waals surface area contributed by atoms with E-state index < -0.39 is 0 Å². The van der Waals surface area contributed by atoms with Gasteiger partial charge in [-0.1, -0.05) is 18.2 Å². The van der Waals surface area contributed by atoms with Crippen LogP contribution in [0.5, 0.6) is 0 Å². The maximum Gasteiger partial charge on any atom is 0.224 e. The first-order valence-electron chi connectivity index (χ1n) is 6.79. The van der Waals surface area contributed by atoms with Crippen LogP contribution < -0.4 is 11.1 Å². The van der Waals surface area contributed by atoms with Crippen molar-refractivity contribution in [2.24, 2.45) is 0 Å². The lowest BCUT2D eigenvalue weighted by molar-refractivity contribution is -0.116. The largest absolute Gasteiger partial charge is 0.399 e. The number of nitrogen functional groups attached to an aromatic ring is 1. The maximum atomic E-state index is 12.0. The molecule has 3 rings (SSSR count). The Labute approximate surface area is 122 Å². The molecule has 2 aromatic carbocycles. The summed E-state index contributed by atoms with van der Waals surface area (Å²) < 4.78 is 0. The summed E-state index contributed by atoms with van der Waals surface area (Å²) in [6.07, 6.45) is 2.78. The smallest absolute Gasteiger partial charge is 0.224 e. The third kappa shape index (κ3) is 3.02. The van der Waals surface area contributed by atoms with Gasteiger partial charge in [0, 0.05) is 23.2 Å². The number of hydrogen-bond donors (Lipinski definition) is 3. The lowest BCUT2D eigenvalue weighted by Crippen LogP contribution is -2.12. The molecule has 1 heterocycles. The van der Waals surface area contributed by atoms with Crippen molar-refractivity contribution >= 4 is 28.2 Å². The van der Waals surface area contributed by atoms with Crippen LogP contribution in [-0.4, -0.2) is 16.1 Å². The average molecular weight is 280 g/mol. The summed E-state index contributed by atoms with van der Waals surface area (Å²) in [4.78, 5) is 12.0. The highest BCUT2D eigenvalue weighted by molar-refractivity contribution is 5.93. The molecule has 0 unspecified atom stereocenters. The molecule has 21 heavy (non-hydrogen) atoms. The Morgan fingerprint density at radius 1 is 1.24 bits per heavy atom. The number of H-pyrrole nitrogens is 1. The molecule has 1 aromatic heterocycles. The summed E-state index contributed by atoms with van der Waals surface area (Å²) in [6, 6.07) is 13.3. The minimum absolute atomic E-state index is 0.0304. The second-order valence-electron chi connectivity index (χ2n) is 4.92. The van der Waals surface area contributed by atoms with Crippen LogP contribution in [0.1, 0.15) is 12.0 Å². The van der Waals surface area contributed by atoms with Crippen LogP contribution in [0, 0.1) is 0 Å². The van der Waals surface area contributed by atoms with Gasteiger partial charge in [0.2, 0.25) is 5.91 Å². The van der Waals surface area contributed by atoms with Crippen molar-refractivity contribution in [3.63, 3.8) is 0 Å². The highest BCUT2D eigenvalue weighted by Crippen LogP contribution is 2.17. The van der Waals surface area contributed by atoms with Crippen molar-refractivity contribution < 1.29 is 4.79 Å². The van der Waals surface area contributed by atoms with Gasteiger partial charge in [-0.2, -0.15) is 5.10 Å². The molecule has 0 aliphatic heterocycles. The fourth-order valence-corrected chi connectivity index (χ4v) is 2.25. The Balaban J connectivity index is 1.62. The first-order valence-corrected chi connectivity index (χ1v) is 6.79. The minimum atomic E-state index is -0.0304. The number of anilines is 2. The van der Waals surface area contributed by atoms with Crippen molar-refractivity contribution in [2.75, 3.05) is 11.1 Å². The Morgan fingerprint density at radius 2 is 2.10 bits per heavy atom. The van der Waals surface area contributed by atoms with Gasteiger partial charge in [0.1, 0.15) is 0 Å². The standard InChI is InChI=1S/C16H16N4O/c17-14-4-2-1-3-11(14)6-8-16(21)19-13-7-5-12-10-18-20-15(12)9-13/h1-5,7,9-10H,6,8,17H2,(H,18,20)(H,19,21). The lowest BCUT2D eigenvalue weighted by Gasteiger charge is -2.07. The fraction of sp³-hybridized carbons (Fsp3) is 0.125. The van der Waals surface area contributed by atoms with Crippen molar-refractivity contribution in [3.8, 4) is 0 Å². The zero-order chi connectivity index (χ0) is 14.7. The van der Waals surface area contributed by atoms with E-state index in [-0.39, 0.29) is 5.91 Å². The fourth-order valence-electron chi connectivity index (χ4n) is 2.25. The third-order valence-electron chi connectivity index (χ3n) is 3.40. The summed E-state index contributed by atoms with van der Waals surface area (Å²) in [5, 5.41) is 10.7. The van der Waals surface area contributed by atoms with E-state index >= 15 is 0 Å². The second-order valence-corrected chi connectivity index (χ2v) is 4.92. The zero-order valence-electron chi connectivity index (χ0n) is 11.5. The van der Waals surface area contributed by atoms with Crippen LogP contribution in [0.2, 0.25) is 0 Å². The second kappa shape index (κ2) is 5.66. The van der Waals surface area contributed by atoms with Crippen molar-refractivity contribution in [2.45, 2.75) is 12.8 Å². The molecule has 0 aliphatic carbocycles. The summed E-state index contributed by atoms with van der Waals surface area (Å²) in [6.45, 7) is 0. The Bertz CT molecular complexity index is 779. The van der Waals surface area contributed by atoms with Gasteiger partial charge in [-0.25, -0.2) is 0 Å². The molecule has 4 N–H and O–H groups in total. The number of hydrogen-bond acceptors (Lipinski definition) is 3. The highest BCUT2D eigenvalue weighted by atomic mass is 16.1. The first-order chi connectivity index (χ1) is 10.2. The molecule has 0 spiro atoms. The van der Waals surface area contributed by atoms with Gasteiger partial charge in [0.25, 0.3) is 0 Å². The predicted molar refractivity (Wildman–Crippen MR) is 83.9 cm³/mol. The first kappa shape index (κ1) is 13.2. The van der Waals surface area contributed by atoms with E-state index in [1.807, 2.05) is 42.5 Å². The van der Waals surface area contributed by atoms with E-state index in [9.17, 15) is 4.79 Å². The van der Waals surface area contributed by atoms with Crippen molar-refractivity contribution in [3.05, 3.63) is 54.2 Å². The van der Waals surface area contributed by atoms with Crippen molar-refractivity contribution in [1.29, 1.82) is 0 Å². The van der Waals surface area contributed by atoms with Gasteiger partial charge in [-0.15, -0.1) is 0 Å². The molecule has 0 aliphatic rings. The minimum Gasteiger partial charge on any atom is -0.399 e. The van der Waals surface area contributed by atoms with Crippen LogP contribution in [-0.2, 0) is 11.2 Å². The number of amides is 1. The number of para-hydroxylation sites is 1. The summed E-state index contributed by atoms with van der Waals surface area (Å²) >= 11 is 0. The Kier molecular flexibility index (Phi) is 3.55. The molecule has 5 heteroatoms. The number of aromatic amines is 1. The number of aryl methyl sites for hydroxylation is 1. The topological polar surface area (TPSA) is 83.8 Å². The molecule has 0 saturated carbocycles. The zero-order valence-corrected chi connectivity index (χ0v) is 11.5. The van der Waals surface area contributed by atoms with Crippen LogP contribution in [0.4, 0.5) is 11.4 Å².